The molecule has 0 aromatic heterocycles. The molecule has 0 unspecified atom stereocenters. The van der Waals surface area contributed by atoms with Crippen LogP contribution < -0.4 is 0 Å². The van der Waals surface area contributed by atoms with Gasteiger partial charge in [-0.15, -0.1) is 6.58 Å². The standard InChI is InChI=1S/C15H18ClNO/c1-3-6-12-9-10-15(18)17(12)11(2)13-7-4-5-8-14(13)16/h3-5,7-8,11-12H,1,6,9-10H2,2H3/t11-,12-/m0/s1. The van der Waals surface area contributed by atoms with Crippen molar-refractivity contribution >= 4 is 17.5 Å². The van der Waals surface area contributed by atoms with Crippen molar-refractivity contribution in [2.75, 3.05) is 0 Å². The van der Waals surface area contributed by atoms with Crippen LogP contribution >= 0.6 is 11.6 Å². The first kappa shape index (κ1) is 13.2. The molecule has 1 heterocycles. The summed E-state index contributed by atoms with van der Waals surface area (Å²) in [6.45, 7) is 5.81. The number of nitrogens with zero attached hydrogens (tertiary/aromatic N) is 1. The molecule has 0 radical (unpaired) electrons. The molecule has 96 valence electrons. The number of halogens is 1. The first-order valence-corrected chi connectivity index (χ1v) is 6.69. The number of rotatable bonds is 4. The molecule has 0 spiro atoms. The topological polar surface area (TPSA) is 20.3 Å². The molecule has 1 amide bonds. The zero-order valence-corrected chi connectivity index (χ0v) is 11.4. The Morgan fingerprint density at radius 3 is 2.94 bits per heavy atom. The quantitative estimate of drug-likeness (QED) is 0.753. The summed E-state index contributed by atoms with van der Waals surface area (Å²) in [5.41, 5.74) is 1.02. The maximum absolute atomic E-state index is 12.0. The lowest BCUT2D eigenvalue weighted by atomic mass is 10.0. The van der Waals surface area contributed by atoms with Gasteiger partial charge in [0.25, 0.3) is 0 Å². The number of likely N-dealkylation sites (tertiary alicyclic amines) is 1. The van der Waals surface area contributed by atoms with Gasteiger partial charge in [0.2, 0.25) is 5.91 Å². The molecule has 1 aliphatic rings. The number of carbonyl (C=O) groups excluding carboxylic acids is 1. The lowest BCUT2D eigenvalue weighted by molar-refractivity contribution is -0.131. The van der Waals surface area contributed by atoms with Crippen LogP contribution in [-0.4, -0.2) is 16.8 Å². The molecule has 1 aromatic rings. The SMILES string of the molecule is C=CC[C@H]1CCC(=O)N1[C@@H](C)c1ccccc1Cl. The molecule has 1 aromatic carbocycles. The van der Waals surface area contributed by atoms with Crippen molar-refractivity contribution in [2.45, 2.75) is 38.3 Å². The highest BCUT2D eigenvalue weighted by Crippen LogP contribution is 2.34. The van der Waals surface area contributed by atoms with Gasteiger partial charge in [-0.05, 0) is 31.4 Å². The van der Waals surface area contributed by atoms with Crippen LogP contribution in [0.1, 0.15) is 37.8 Å². The first-order chi connectivity index (χ1) is 8.65. The van der Waals surface area contributed by atoms with Gasteiger partial charge in [0.05, 0.1) is 6.04 Å². The van der Waals surface area contributed by atoms with E-state index in [1.165, 1.54) is 0 Å². The van der Waals surface area contributed by atoms with E-state index < -0.39 is 0 Å². The summed E-state index contributed by atoms with van der Waals surface area (Å²) >= 11 is 6.21. The van der Waals surface area contributed by atoms with E-state index in [4.69, 9.17) is 11.6 Å². The number of hydrogen-bond donors (Lipinski definition) is 0. The summed E-state index contributed by atoms with van der Waals surface area (Å²) in [6.07, 6.45) is 4.28. The number of carbonyl (C=O) groups is 1. The number of hydrogen-bond acceptors (Lipinski definition) is 1. The third-order valence-electron chi connectivity index (χ3n) is 3.58. The molecule has 0 aliphatic carbocycles. The van der Waals surface area contributed by atoms with Crippen LogP contribution in [0.5, 0.6) is 0 Å². The van der Waals surface area contributed by atoms with E-state index >= 15 is 0 Å². The average molecular weight is 264 g/mol. The van der Waals surface area contributed by atoms with Crippen LogP contribution in [-0.2, 0) is 4.79 Å². The van der Waals surface area contributed by atoms with Crippen molar-refractivity contribution in [3.8, 4) is 0 Å². The monoisotopic (exact) mass is 263 g/mol. The molecular formula is C15H18ClNO. The highest BCUT2D eigenvalue weighted by Gasteiger charge is 2.34. The Hall–Kier alpha value is -1.28. The molecule has 0 bridgehead atoms. The van der Waals surface area contributed by atoms with Crippen LogP contribution in [0.2, 0.25) is 5.02 Å². The van der Waals surface area contributed by atoms with Crippen LogP contribution in [0, 0.1) is 0 Å². The van der Waals surface area contributed by atoms with E-state index in [0.29, 0.717) is 6.42 Å². The van der Waals surface area contributed by atoms with Gasteiger partial charge in [-0.2, -0.15) is 0 Å². The molecule has 1 fully saturated rings. The second-order valence-electron chi connectivity index (χ2n) is 4.72. The molecule has 1 saturated heterocycles. The van der Waals surface area contributed by atoms with Crippen molar-refractivity contribution < 1.29 is 4.79 Å². The van der Waals surface area contributed by atoms with Gasteiger partial charge in [-0.1, -0.05) is 35.9 Å². The fraction of sp³-hybridized carbons (Fsp3) is 0.400. The van der Waals surface area contributed by atoms with Gasteiger partial charge in [-0.3, -0.25) is 4.79 Å². The van der Waals surface area contributed by atoms with E-state index in [-0.39, 0.29) is 18.0 Å². The molecule has 2 nitrogen and oxygen atoms in total. The second-order valence-corrected chi connectivity index (χ2v) is 5.12. The fourth-order valence-corrected chi connectivity index (χ4v) is 2.98. The predicted octanol–water partition coefficient (Wildman–Crippen LogP) is 3.97. The minimum absolute atomic E-state index is 0.0265. The van der Waals surface area contributed by atoms with Gasteiger partial charge in [0, 0.05) is 17.5 Å². The normalized spacial score (nSPS) is 21.1. The van der Waals surface area contributed by atoms with Crippen molar-refractivity contribution in [1.82, 2.24) is 4.90 Å². The Balaban J connectivity index is 2.26. The van der Waals surface area contributed by atoms with E-state index in [2.05, 4.69) is 6.58 Å². The van der Waals surface area contributed by atoms with Gasteiger partial charge in [0.1, 0.15) is 0 Å². The summed E-state index contributed by atoms with van der Waals surface area (Å²) in [7, 11) is 0. The summed E-state index contributed by atoms with van der Waals surface area (Å²) in [4.78, 5) is 14.0. The zero-order chi connectivity index (χ0) is 13.1. The Morgan fingerprint density at radius 2 is 2.28 bits per heavy atom. The van der Waals surface area contributed by atoms with E-state index in [1.807, 2.05) is 42.2 Å². The predicted molar refractivity (Wildman–Crippen MR) is 74.5 cm³/mol. The molecule has 1 aliphatic heterocycles. The third kappa shape index (κ3) is 2.44. The summed E-state index contributed by atoms with van der Waals surface area (Å²) in [5.74, 6) is 0.217. The largest absolute Gasteiger partial charge is 0.333 e. The average Bonchev–Trinajstić information content (AvgIpc) is 2.71. The molecule has 3 heteroatoms. The molecule has 18 heavy (non-hydrogen) atoms. The third-order valence-corrected chi connectivity index (χ3v) is 3.93. The molecule has 0 saturated carbocycles. The molecule has 2 atom stereocenters. The maximum Gasteiger partial charge on any atom is 0.223 e. The Kier molecular flexibility index (Phi) is 4.07. The van der Waals surface area contributed by atoms with Crippen molar-refractivity contribution in [1.29, 1.82) is 0 Å². The smallest absolute Gasteiger partial charge is 0.223 e. The highest BCUT2D eigenvalue weighted by molar-refractivity contribution is 6.31. The highest BCUT2D eigenvalue weighted by atomic mass is 35.5. The summed E-state index contributed by atoms with van der Waals surface area (Å²) < 4.78 is 0. The van der Waals surface area contributed by atoms with Gasteiger partial charge in [-0.25, -0.2) is 0 Å². The van der Waals surface area contributed by atoms with Gasteiger partial charge in [0.15, 0.2) is 0 Å². The van der Waals surface area contributed by atoms with Crippen molar-refractivity contribution in [3.63, 3.8) is 0 Å². The molecular weight excluding hydrogens is 246 g/mol. The summed E-state index contributed by atoms with van der Waals surface area (Å²) in [5, 5.41) is 0.724. The maximum atomic E-state index is 12.0. The van der Waals surface area contributed by atoms with Crippen LogP contribution in [0.4, 0.5) is 0 Å². The Morgan fingerprint density at radius 1 is 1.56 bits per heavy atom. The van der Waals surface area contributed by atoms with Crippen LogP contribution in [0.15, 0.2) is 36.9 Å². The number of benzene rings is 1. The van der Waals surface area contributed by atoms with E-state index in [9.17, 15) is 4.79 Å². The van der Waals surface area contributed by atoms with Gasteiger partial charge < -0.3 is 4.90 Å². The minimum atomic E-state index is 0.0265. The van der Waals surface area contributed by atoms with Crippen LogP contribution in [0.3, 0.4) is 0 Å². The van der Waals surface area contributed by atoms with Gasteiger partial charge >= 0.3 is 0 Å². The molecule has 2 rings (SSSR count). The fourth-order valence-electron chi connectivity index (χ4n) is 2.68. The van der Waals surface area contributed by atoms with Crippen molar-refractivity contribution in [3.05, 3.63) is 47.5 Å². The lowest BCUT2D eigenvalue weighted by Crippen LogP contribution is -2.35. The second kappa shape index (κ2) is 5.57. The first-order valence-electron chi connectivity index (χ1n) is 6.31. The number of amides is 1. The van der Waals surface area contributed by atoms with Crippen molar-refractivity contribution in [2.24, 2.45) is 0 Å². The molecule has 0 N–H and O–H groups in total. The summed E-state index contributed by atoms with van der Waals surface area (Å²) in [6, 6.07) is 8.02. The van der Waals surface area contributed by atoms with Crippen LogP contribution in [0.25, 0.3) is 0 Å². The zero-order valence-electron chi connectivity index (χ0n) is 10.6. The Labute approximate surface area is 113 Å². The minimum Gasteiger partial charge on any atom is -0.333 e. The van der Waals surface area contributed by atoms with E-state index in [0.717, 1.165) is 23.4 Å². The lowest BCUT2D eigenvalue weighted by Gasteiger charge is -2.31. The Bertz CT molecular complexity index is 458. The van der Waals surface area contributed by atoms with E-state index in [1.54, 1.807) is 0 Å².